The highest BCUT2D eigenvalue weighted by molar-refractivity contribution is 9.09. The van der Waals surface area contributed by atoms with Crippen molar-refractivity contribution in [1.29, 1.82) is 0 Å². The third-order valence-electron chi connectivity index (χ3n) is 3.86. The second-order valence-electron chi connectivity index (χ2n) is 5.83. The van der Waals surface area contributed by atoms with Crippen LogP contribution in [0.2, 0.25) is 0 Å². The number of esters is 1. The molecule has 0 saturated heterocycles. The van der Waals surface area contributed by atoms with E-state index in [1.807, 2.05) is 0 Å². The molecule has 0 aliphatic heterocycles. The molecule has 0 aromatic heterocycles. The van der Waals surface area contributed by atoms with E-state index in [1.165, 1.54) is 38.5 Å². The Morgan fingerprint density at radius 2 is 1.50 bits per heavy atom. The van der Waals surface area contributed by atoms with Gasteiger partial charge in [0, 0.05) is 11.8 Å². The average Bonchev–Trinajstić information content (AvgIpc) is 2.51. The Bertz CT molecular complexity index is 292. The number of hydrogen-bond acceptors (Lipinski definition) is 3. The molecule has 3 nitrogen and oxygen atoms in total. The van der Waals surface area contributed by atoms with Crippen LogP contribution in [0.4, 0.5) is 0 Å². The number of hydrogen-bond donors (Lipinski definition) is 0. The topological polar surface area (TPSA) is 43.4 Å². The second-order valence-corrected chi connectivity index (χ2v) is 6.62. The summed E-state index contributed by atoms with van der Waals surface area (Å²) in [6, 6.07) is 0. The van der Waals surface area contributed by atoms with Crippen molar-refractivity contribution in [3.8, 4) is 0 Å². The van der Waals surface area contributed by atoms with Crippen LogP contribution in [0.3, 0.4) is 0 Å². The van der Waals surface area contributed by atoms with Crippen molar-refractivity contribution in [3.05, 3.63) is 0 Å². The molecule has 0 saturated carbocycles. The molecule has 1 atom stereocenters. The first-order valence-electron chi connectivity index (χ1n) is 8.92. The lowest BCUT2D eigenvalue weighted by Gasteiger charge is -2.14. The summed E-state index contributed by atoms with van der Waals surface area (Å²) in [6.07, 6.45) is 11.6. The van der Waals surface area contributed by atoms with Gasteiger partial charge in [-0.15, -0.1) is 0 Å². The fraction of sp³-hybridized carbons (Fsp3) is 0.889. The third-order valence-corrected chi connectivity index (χ3v) is 4.42. The molecule has 0 aliphatic rings. The van der Waals surface area contributed by atoms with Gasteiger partial charge in [-0.05, 0) is 19.8 Å². The van der Waals surface area contributed by atoms with Crippen LogP contribution in [0.25, 0.3) is 0 Å². The standard InChI is InChI=1S/C18H33BrO3/c1-3-5-6-7-8-9-10-11-13-16(18(21)22-4-2)17(20)14-12-15-19/h16H,3-15H2,1-2H3. The molecular formula is C18H33BrO3. The molecule has 0 aliphatic carbocycles. The minimum atomic E-state index is -0.543. The predicted octanol–water partition coefficient (Wildman–Crippen LogP) is 5.44. The number of ether oxygens (including phenoxy) is 1. The van der Waals surface area contributed by atoms with Crippen LogP contribution < -0.4 is 0 Å². The van der Waals surface area contributed by atoms with Gasteiger partial charge in [-0.2, -0.15) is 0 Å². The summed E-state index contributed by atoms with van der Waals surface area (Å²) in [5, 5.41) is 0.798. The Hall–Kier alpha value is -0.380. The second kappa shape index (κ2) is 15.5. The van der Waals surface area contributed by atoms with Crippen molar-refractivity contribution in [3.63, 3.8) is 0 Å². The Labute approximate surface area is 144 Å². The molecule has 0 aromatic rings. The van der Waals surface area contributed by atoms with E-state index in [1.54, 1.807) is 6.92 Å². The average molecular weight is 377 g/mol. The van der Waals surface area contributed by atoms with Gasteiger partial charge in [0.15, 0.2) is 0 Å². The Balaban J connectivity index is 3.97. The summed E-state index contributed by atoms with van der Waals surface area (Å²) in [6.45, 7) is 4.36. The van der Waals surface area contributed by atoms with Gasteiger partial charge >= 0.3 is 5.97 Å². The predicted molar refractivity (Wildman–Crippen MR) is 95.4 cm³/mol. The maximum absolute atomic E-state index is 12.1. The van der Waals surface area contributed by atoms with Gasteiger partial charge in [0.2, 0.25) is 0 Å². The number of Topliss-reactive ketones (excluding diaryl/α,β-unsaturated/α-hetero) is 1. The van der Waals surface area contributed by atoms with E-state index in [2.05, 4.69) is 22.9 Å². The van der Waals surface area contributed by atoms with Crippen molar-refractivity contribution in [2.24, 2.45) is 5.92 Å². The molecule has 22 heavy (non-hydrogen) atoms. The molecule has 0 spiro atoms. The number of unbranched alkanes of at least 4 members (excludes halogenated alkanes) is 7. The van der Waals surface area contributed by atoms with Crippen LogP contribution in [0.15, 0.2) is 0 Å². The first-order valence-corrected chi connectivity index (χ1v) is 10.0. The number of carbonyl (C=O) groups excluding carboxylic acids is 2. The lowest BCUT2D eigenvalue weighted by molar-refractivity contribution is -0.151. The van der Waals surface area contributed by atoms with Crippen molar-refractivity contribution >= 4 is 27.7 Å². The van der Waals surface area contributed by atoms with Gasteiger partial charge < -0.3 is 4.74 Å². The smallest absolute Gasteiger partial charge is 0.316 e. The zero-order valence-corrected chi connectivity index (χ0v) is 16.0. The molecule has 4 heteroatoms. The van der Waals surface area contributed by atoms with E-state index in [0.717, 1.165) is 24.6 Å². The molecule has 0 N–H and O–H groups in total. The van der Waals surface area contributed by atoms with E-state index in [9.17, 15) is 9.59 Å². The lowest BCUT2D eigenvalue weighted by Crippen LogP contribution is -2.26. The summed E-state index contributed by atoms with van der Waals surface area (Å²) in [5.74, 6) is -0.829. The largest absolute Gasteiger partial charge is 0.465 e. The first-order chi connectivity index (χ1) is 10.7. The van der Waals surface area contributed by atoms with E-state index < -0.39 is 5.92 Å². The van der Waals surface area contributed by atoms with Gasteiger partial charge in [-0.1, -0.05) is 74.2 Å². The van der Waals surface area contributed by atoms with E-state index in [4.69, 9.17) is 4.74 Å². The maximum atomic E-state index is 12.1. The third kappa shape index (κ3) is 11.2. The molecule has 1 unspecified atom stereocenters. The maximum Gasteiger partial charge on any atom is 0.316 e. The SMILES string of the molecule is CCCCCCCCCCC(C(=O)CCCBr)C(=O)OCC. The minimum Gasteiger partial charge on any atom is -0.465 e. The van der Waals surface area contributed by atoms with Crippen molar-refractivity contribution < 1.29 is 14.3 Å². The highest BCUT2D eigenvalue weighted by atomic mass is 79.9. The normalized spacial score (nSPS) is 12.1. The van der Waals surface area contributed by atoms with E-state index >= 15 is 0 Å². The number of rotatable bonds is 15. The lowest BCUT2D eigenvalue weighted by atomic mass is 9.94. The molecule has 130 valence electrons. The van der Waals surface area contributed by atoms with Crippen molar-refractivity contribution in [1.82, 2.24) is 0 Å². The molecular weight excluding hydrogens is 344 g/mol. The molecule has 0 fully saturated rings. The minimum absolute atomic E-state index is 0.0424. The van der Waals surface area contributed by atoms with Crippen LogP contribution in [-0.4, -0.2) is 23.7 Å². The Morgan fingerprint density at radius 1 is 0.909 bits per heavy atom. The molecule has 0 radical (unpaired) electrons. The fourth-order valence-electron chi connectivity index (χ4n) is 2.55. The number of ketones is 1. The zero-order chi connectivity index (χ0) is 16.6. The van der Waals surface area contributed by atoms with E-state index in [0.29, 0.717) is 19.4 Å². The highest BCUT2D eigenvalue weighted by Gasteiger charge is 2.26. The fourth-order valence-corrected chi connectivity index (χ4v) is 2.83. The molecule has 0 rings (SSSR count). The van der Waals surface area contributed by atoms with Gasteiger partial charge in [0.25, 0.3) is 0 Å². The van der Waals surface area contributed by atoms with Gasteiger partial charge in [0.1, 0.15) is 11.7 Å². The van der Waals surface area contributed by atoms with Crippen LogP contribution >= 0.6 is 15.9 Å². The molecule has 0 heterocycles. The van der Waals surface area contributed by atoms with Crippen LogP contribution in [0.1, 0.15) is 84.5 Å². The highest BCUT2D eigenvalue weighted by Crippen LogP contribution is 2.17. The summed E-state index contributed by atoms with van der Waals surface area (Å²) in [5.41, 5.74) is 0. The number of halogens is 1. The molecule has 0 amide bonds. The molecule has 0 bridgehead atoms. The monoisotopic (exact) mass is 376 g/mol. The van der Waals surface area contributed by atoms with Crippen LogP contribution in [-0.2, 0) is 14.3 Å². The quantitative estimate of drug-likeness (QED) is 0.165. The van der Waals surface area contributed by atoms with Crippen LogP contribution in [0, 0.1) is 5.92 Å². The van der Waals surface area contributed by atoms with Gasteiger partial charge in [0.05, 0.1) is 6.61 Å². The summed E-state index contributed by atoms with van der Waals surface area (Å²) in [4.78, 5) is 24.1. The summed E-state index contributed by atoms with van der Waals surface area (Å²) in [7, 11) is 0. The Morgan fingerprint density at radius 3 is 2.05 bits per heavy atom. The van der Waals surface area contributed by atoms with Crippen molar-refractivity contribution in [2.75, 3.05) is 11.9 Å². The van der Waals surface area contributed by atoms with E-state index in [-0.39, 0.29) is 11.8 Å². The van der Waals surface area contributed by atoms with Gasteiger partial charge in [-0.25, -0.2) is 0 Å². The summed E-state index contributed by atoms with van der Waals surface area (Å²) < 4.78 is 5.06. The summed E-state index contributed by atoms with van der Waals surface area (Å²) >= 11 is 3.33. The zero-order valence-electron chi connectivity index (χ0n) is 14.4. The van der Waals surface area contributed by atoms with Gasteiger partial charge in [-0.3, -0.25) is 9.59 Å². The Kier molecular flexibility index (Phi) is 15.2. The number of carbonyl (C=O) groups is 2. The van der Waals surface area contributed by atoms with Crippen molar-refractivity contribution in [2.45, 2.75) is 84.5 Å². The van der Waals surface area contributed by atoms with Crippen LogP contribution in [0.5, 0.6) is 0 Å². The number of alkyl halides is 1. The first kappa shape index (κ1) is 21.6. The molecule has 0 aromatic carbocycles.